The van der Waals surface area contributed by atoms with E-state index in [1.807, 2.05) is 44.4 Å². The van der Waals surface area contributed by atoms with Crippen molar-refractivity contribution in [1.29, 1.82) is 0 Å². The molecule has 0 saturated carbocycles. The van der Waals surface area contributed by atoms with E-state index in [2.05, 4.69) is 5.32 Å². The number of ether oxygens (including phenoxy) is 1. The first-order chi connectivity index (χ1) is 13.6. The standard InChI is InChI=1S/C21H26N2O4S2/c1-21(2)13-18(17-7-5-6-8-19(17)27-21)22-20(24)14-23(3)29(25,26)16-11-9-15(28-4)10-12-16/h5-12,18H,13-14H2,1-4H3,(H,22,24)/t18-/m1/s1. The highest BCUT2D eigenvalue weighted by Crippen LogP contribution is 2.39. The number of thioether (sulfide) groups is 1. The number of nitrogens with one attached hydrogen (secondary N) is 1. The van der Waals surface area contributed by atoms with E-state index in [0.717, 1.165) is 20.5 Å². The van der Waals surface area contributed by atoms with Gasteiger partial charge in [-0.05, 0) is 50.4 Å². The zero-order valence-corrected chi connectivity index (χ0v) is 18.6. The Morgan fingerprint density at radius 3 is 2.52 bits per heavy atom. The van der Waals surface area contributed by atoms with Gasteiger partial charge in [-0.3, -0.25) is 4.79 Å². The van der Waals surface area contributed by atoms with Gasteiger partial charge in [0.05, 0.1) is 17.5 Å². The van der Waals surface area contributed by atoms with Gasteiger partial charge in [0.25, 0.3) is 0 Å². The van der Waals surface area contributed by atoms with E-state index >= 15 is 0 Å². The Balaban J connectivity index is 1.71. The van der Waals surface area contributed by atoms with Gasteiger partial charge in [-0.2, -0.15) is 4.31 Å². The van der Waals surface area contributed by atoms with Gasteiger partial charge in [-0.25, -0.2) is 8.42 Å². The number of amides is 1. The Labute approximate surface area is 176 Å². The zero-order valence-electron chi connectivity index (χ0n) is 17.0. The van der Waals surface area contributed by atoms with Crippen LogP contribution < -0.4 is 10.1 Å². The Hall–Kier alpha value is -2.03. The quantitative estimate of drug-likeness (QED) is 0.705. The van der Waals surface area contributed by atoms with E-state index in [0.29, 0.717) is 6.42 Å². The van der Waals surface area contributed by atoms with Crippen molar-refractivity contribution in [2.75, 3.05) is 19.8 Å². The summed E-state index contributed by atoms with van der Waals surface area (Å²) in [5.41, 5.74) is 0.474. The van der Waals surface area contributed by atoms with Crippen molar-refractivity contribution in [2.24, 2.45) is 0 Å². The lowest BCUT2D eigenvalue weighted by Crippen LogP contribution is -2.44. The number of sulfonamides is 1. The maximum atomic E-state index is 12.8. The van der Waals surface area contributed by atoms with Crippen LogP contribution in [-0.2, 0) is 14.8 Å². The molecule has 0 unspecified atom stereocenters. The topological polar surface area (TPSA) is 75.7 Å². The summed E-state index contributed by atoms with van der Waals surface area (Å²) in [5, 5.41) is 2.98. The number of fused-ring (bicyclic) bond motifs is 1. The van der Waals surface area contributed by atoms with Gasteiger partial charge in [-0.15, -0.1) is 11.8 Å². The highest BCUT2D eigenvalue weighted by atomic mass is 32.2. The lowest BCUT2D eigenvalue weighted by Gasteiger charge is -2.38. The molecule has 1 N–H and O–H groups in total. The van der Waals surface area contributed by atoms with Crippen LogP contribution in [0.25, 0.3) is 0 Å². The van der Waals surface area contributed by atoms with Gasteiger partial charge in [0.15, 0.2) is 0 Å². The van der Waals surface area contributed by atoms with Gasteiger partial charge in [0.2, 0.25) is 15.9 Å². The average molecular weight is 435 g/mol. The van der Waals surface area contributed by atoms with Gasteiger partial charge in [-0.1, -0.05) is 18.2 Å². The molecule has 1 aliphatic rings. The Morgan fingerprint density at radius 2 is 1.86 bits per heavy atom. The smallest absolute Gasteiger partial charge is 0.243 e. The molecule has 2 aromatic carbocycles. The molecule has 0 bridgehead atoms. The molecule has 8 heteroatoms. The number of para-hydroxylation sites is 1. The second-order valence-electron chi connectivity index (χ2n) is 7.66. The predicted octanol–water partition coefficient (Wildman–Crippen LogP) is 3.45. The molecule has 2 aromatic rings. The van der Waals surface area contributed by atoms with Crippen LogP contribution in [0.1, 0.15) is 31.9 Å². The van der Waals surface area contributed by atoms with E-state index in [1.54, 1.807) is 24.3 Å². The van der Waals surface area contributed by atoms with E-state index < -0.39 is 15.6 Å². The van der Waals surface area contributed by atoms with Crippen molar-refractivity contribution in [3.8, 4) is 5.75 Å². The van der Waals surface area contributed by atoms with E-state index in [4.69, 9.17) is 4.74 Å². The average Bonchev–Trinajstić information content (AvgIpc) is 2.67. The normalized spacial score (nSPS) is 18.0. The number of hydrogen-bond donors (Lipinski definition) is 1. The summed E-state index contributed by atoms with van der Waals surface area (Å²) in [6.07, 6.45) is 2.53. The monoisotopic (exact) mass is 434 g/mol. The summed E-state index contributed by atoms with van der Waals surface area (Å²) >= 11 is 1.54. The zero-order chi connectivity index (χ0) is 21.2. The molecular weight excluding hydrogens is 408 g/mol. The van der Waals surface area contributed by atoms with Gasteiger partial charge < -0.3 is 10.1 Å². The van der Waals surface area contributed by atoms with Crippen molar-refractivity contribution in [2.45, 2.75) is 41.7 Å². The SMILES string of the molecule is CSc1ccc(S(=O)(=O)N(C)CC(=O)N[C@@H]2CC(C)(C)Oc3ccccc32)cc1. The van der Waals surface area contributed by atoms with E-state index in [1.165, 1.54) is 18.8 Å². The maximum Gasteiger partial charge on any atom is 0.243 e. The van der Waals surface area contributed by atoms with Crippen LogP contribution in [0.4, 0.5) is 0 Å². The van der Waals surface area contributed by atoms with Crippen molar-refractivity contribution in [1.82, 2.24) is 9.62 Å². The summed E-state index contributed by atoms with van der Waals surface area (Å²) in [4.78, 5) is 13.8. The lowest BCUT2D eigenvalue weighted by molar-refractivity contribution is -0.122. The van der Waals surface area contributed by atoms with Crippen molar-refractivity contribution >= 4 is 27.7 Å². The maximum absolute atomic E-state index is 12.8. The summed E-state index contributed by atoms with van der Waals surface area (Å²) in [6.45, 7) is 3.68. The number of benzene rings is 2. The minimum atomic E-state index is -3.74. The predicted molar refractivity (Wildman–Crippen MR) is 115 cm³/mol. The van der Waals surface area contributed by atoms with Crippen LogP contribution >= 0.6 is 11.8 Å². The molecule has 1 atom stereocenters. The second-order valence-corrected chi connectivity index (χ2v) is 10.6. The highest BCUT2D eigenvalue weighted by Gasteiger charge is 2.34. The molecule has 156 valence electrons. The molecule has 0 spiro atoms. The first-order valence-corrected chi connectivity index (χ1v) is 12.0. The van der Waals surface area contributed by atoms with Crippen LogP contribution in [-0.4, -0.2) is 44.1 Å². The number of carbonyl (C=O) groups is 1. The molecular formula is C21H26N2O4S2. The Bertz CT molecular complexity index is 988. The van der Waals surface area contributed by atoms with Gasteiger partial charge in [0, 0.05) is 23.9 Å². The number of rotatable bonds is 6. The summed E-state index contributed by atoms with van der Waals surface area (Å²) < 4.78 is 32.6. The molecule has 0 aromatic heterocycles. The van der Waals surface area contributed by atoms with Crippen molar-refractivity contribution < 1.29 is 17.9 Å². The molecule has 29 heavy (non-hydrogen) atoms. The third-order valence-electron chi connectivity index (χ3n) is 4.85. The Morgan fingerprint density at radius 1 is 1.21 bits per heavy atom. The first-order valence-electron chi connectivity index (χ1n) is 9.30. The fourth-order valence-corrected chi connectivity index (χ4v) is 4.92. The minimum Gasteiger partial charge on any atom is -0.487 e. The molecule has 1 heterocycles. The number of nitrogens with zero attached hydrogens (tertiary/aromatic N) is 1. The molecule has 0 aliphatic carbocycles. The molecule has 3 rings (SSSR count). The molecule has 6 nitrogen and oxygen atoms in total. The largest absolute Gasteiger partial charge is 0.487 e. The third kappa shape index (κ3) is 4.94. The summed E-state index contributed by atoms with van der Waals surface area (Å²) in [7, 11) is -2.33. The number of carbonyl (C=O) groups excluding carboxylic acids is 1. The number of likely N-dealkylation sites (N-methyl/N-ethyl adjacent to an activating group) is 1. The third-order valence-corrected chi connectivity index (χ3v) is 7.41. The lowest BCUT2D eigenvalue weighted by atomic mass is 9.89. The van der Waals surface area contributed by atoms with Crippen LogP contribution in [0, 0.1) is 0 Å². The van der Waals surface area contributed by atoms with Crippen LogP contribution in [0.15, 0.2) is 58.3 Å². The highest BCUT2D eigenvalue weighted by molar-refractivity contribution is 7.98. The second kappa shape index (κ2) is 8.38. The molecule has 1 aliphatic heterocycles. The fourth-order valence-electron chi connectivity index (χ4n) is 3.39. The van der Waals surface area contributed by atoms with Crippen molar-refractivity contribution in [3.05, 3.63) is 54.1 Å². The minimum absolute atomic E-state index is 0.170. The first kappa shape index (κ1) is 21.7. The molecule has 1 amide bonds. The molecule has 0 radical (unpaired) electrons. The Kier molecular flexibility index (Phi) is 6.26. The number of hydrogen-bond acceptors (Lipinski definition) is 5. The molecule has 0 saturated heterocycles. The van der Waals surface area contributed by atoms with E-state index in [-0.39, 0.29) is 23.4 Å². The summed E-state index contributed by atoms with van der Waals surface area (Å²) in [5.74, 6) is 0.387. The fraction of sp³-hybridized carbons (Fsp3) is 0.381. The van der Waals surface area contributed by atoms with Crippen LogP contribution in [0.2, 0.25) is 0 Å². The van der Waals surface area contributed by atoms with E-state index in [9.17, 15) is 13.2 Å². The summed E-state index contributed by atoms with van der Waals surface area (Å²) in [6, 6.07) is 14.0. The van der Waals surface area contributed by atoms with Crippen LogP contribution in [0.3, 0.4) is 0 Å². The molecule has 0 fully saturated rings. The van der Waals surface area contributed by atoms with Crippen LogP contribution in [0.5, 0.6) is 5.75 Å². The van der Waals surface area contributed by atoms with Gasteiger partial charge >= 0.3 is 0 Å². The van der Waals surface area contributed by atoms with Gasteiger partial charge in [0.1, 0.15) is 11.4 Å². The van der Waals surface area contributed by atoms with Crippen molar-refractivity contribution in [3.63, 3.8) is 0 Å².